The van der Waals surface area contributed by atoms with Crippen molar-refractivity contribution in [1.82, 2.24) is 5.32 Å². The average molecular weight is 239 g/mol. The lowest BCUT2D eigenvalue weighted by molar-refractivity contribution is 0.577. The van der Waals surface area contributed by atoms with E-state index in [-0.39, 0.29) is 0 Å². The summed E-state index contributed by atoms with van der Waals surface area (Å²) in [6.45, 7) is 2.21. The van der Waals surface area contributed by atoms with E-state index in [1.54, 1.807) is 0 Å². The third kappa shape index (κ3) is 3.21. The van der Waals surface area contributed by atoms with Crippen LogP contribution in [0.25, 0.3) is 0 Å². The Morgan fingerprint density at radius 3 is 2.06 bits per heavy atom. The lowest BCUT2D eigenvalue weighted by Gasteiger charge is -2.14. The van der Waals surface area contributed by atoms with Gasteiger partial charge in [-0.15, -0.1) is 0 Å². The summed E-state index contributed by atoms with van der Waals surface area (Å²) in [5.41, 5.74) is 4.11. The standard InChI is InChI=1S/C17H21N/c1-3-17(18-2)16-11-9-15(10-12-16)13-14-7-5-4-6-8-14/h4-12,17-18H,3,13H2,1-2H3. The van der Waals surface area contributed by atoms with Gasteiger partial charge in [0.1, 0.15) is 0 Å². The van der Waals surface area contributed by atoms with Crippen LogP contribution in [0, 0.1) is 0 Å². The Balaban J connectivity index is 2.08. The van der Waals surface area contributed by atoms with Gasteiger partial charge in [-0.2, -0.15) is 0 Å². The van der Waals surface area contributed by atoms with Crippen LogP contribution in [-0.4, -0.2) is 7.05 Å². The zero-order chi connectivity index (χ0) is 12.8. The van der Waals surface area contributed by atoms with Crippen molar-refractivity contribution < 1.29 is 0 Å². The number of nitrogens with one attached hydrogen (secondary N) is 1. The van der Waals surface area contributed by atoms with Crippen molar-refractivity contribution in [3.05, 3.63) is 71.3 Å². The molecule has 0 radical (unpaired) electrons. The lowest BCUT2D eigenvalue weighted by atomic mass is 10.00. The highest BCUT2D eigenvalue weighted by molar-refractivity contribution is 5.29. The molecule has 2 aromatic carbocycles. The fourth-order valence-electron chi connectivity index (χ4n) is 2.31. The molecule has 0 saturated heterocycles. The number of rotatable bonds is 5. The van der Waals surface area contributed by atoms with E-state index in [4.69, 9.17) is 0 Å². The van der Waals surface area contributed by atoms with Gasteiger partial charge in [-0.1, -0.05) is 61.5 Å². The van der Waals surface area contributed by atoms with Gasteiger partial charge >= 0.3 is 0 Å². The summed E-state index contributed by atoms with van der Waals surface area (Å²) in [7, 11) is 2.02. The van der Waals surface area contributed by atoms with Crippen LogP contribution in [-0.2, 0) is 6.42 Å². The summed E-state index contributed by atoms with van der Waals surface area (Å²) in [6, 6.07) is 20.0. The van der Waals surface area contributed by atoms with Gasteiger partial charge in [-0.05, 0) is 36.6 Å². The molecule has 0 bridgehead atoms. The minimum atomic E-state index is 0.468. The van der Waals surface area contributed by atoms with Crippen molar-refractivity contribution in [2.24, 2.45) is 0 Å². The van der Waals surface area contributed by atoms with E-state index in [2.05, 4.69) is 66.8 Å². The summed E-state index contributed by atoms with van der Waals surface area (Å²) in [4.78, 5) is 0. The molecule has 0 amide bonds. The zero-order valence-corrected chi connectivity index (χ0v) is 11.2. The number of hydrogen-bond acceptors (Lipinski definition) is 1. The molecule has 0 aliphatic carbocycles. The van der Waals surface area contributed by atoms with Crippen LogP contribution < -0.4 is 5.32 Å². The molecule has 0 heterocycles. The normalized spacial score (nSPS) is 12.3. The molecule has 94 valence electrons. The summed E-state index contributed by atoms with van der Waals surface area (Å²) in [6.07, 6.45) is 2.13. The fourth-order valence-corrected chi connectivity index (χ4v) is 2.31. The zero-order valence-electron chi connectivity index (χ0n) is 11.2. The number of benzene rings is 2. The second kappa shape index (κ2) is 6.36. The van der Waals surface area contributed by atoms with Crippen LogP contribution in [0.15, 0.2) is 54.6 Å². The van der Waals surface area contributed by atoms with Crippen LogP contribution >= 0.6 is 0 Å². The molecule has 0 aliphatic heterocycles. The second-order valence-electron chi connectivity index (χ2n) is 4.65. The molecule has 18 heavy (non-hydrogen) atoms. The second-order valence-corrected chi connectivity index (χ2v) is 4.65. The molecule has 0 fully saturated rings. The smallest absolute Gasteiger partial charge is 0.0314 e. The third-order valence-corrected chi connectivity index (χ3v) is 3.39. The molecule has 1 unspecified atom stereocenters. The predicted octanol–water partition coefficient (Wildman–Crippen LogP) is 3.95. The van der Waals surface area contributed by atoms with E-state index >= 15 is 0 Å². The van der Waals surface area contributed by atoms with Crippen molar-refractivity contribution in [2.45, 2.75) is 25.8 Å². The molecule has 2 aromatic rings. The predicted molar refractivity (Wildman–Crippen MR) is 77.8 cm³/mol. The maximum Gasteiger partial charge on any atom is 0.0314 e. The Morgan fingerprint density at radius 2 is 1.50 bits per heavy atom. The molecule has 0 saturated carbocycles. The fraction of sp³-hybridized carbons (Fsp3) is 0.294. The van der Waals surface area contributed by atoms with Crippen LogP contribution in [0.1, 0.15) is 36.1 Å². The van der Waals surface area contributed by atoms with Crippen molar-refractivity contribution in [1.29, 1.82) is 0 Å². The molecule has 0 aliphatic rings. The van der Waals surface area contributed by atoms with Gasteiger partial charge in [0.25, 0.3) is 0 Å². The van der Waals surface area contributed by atoms with E-state index in [0.29, 0.717) is 6.04 Å². The van der Waals surface area contributed by atoms with Gasteiger partial charge in [0, 0.05) is 6.04 Å². The first-order valence-electron chi connectivity index (χ1n) is 6.63. The first kappa shape index (κ1) is 12.8. The Labute approximate surface area is 110 Å². The summed E-state index contributed by atoms with van der Waals surface area (Å²) < 4.78 is 0. The van der Waals surface area contributed by atoms with Gasteiger partial charge in [0.2, 0.25) is 0 Å². The number of hydrogen-bond donors (Lipinski definition) is 1. The first-order valence-corrected chi connectivity index (χ1v) is 6.63. The Kier molecular flexibility index (Phi) is 4.54. The van der Waals surface area contributed by atoms with Gasteiger partial charge in [-0.25, -0.2) is 0 Å². The Hall–Kier alpha value is -1.60. The highest BCUT2D eigenvalue weighted by Crippen LogP contribution is 2.18. The van der Waals surface area contributed by atoms with Crippen LogP contribution in [0.2, 0.25) is 0 Å². The minimum absolute atomic E-state index is 0.468. The van der Waals surface area contributed by atoms with Crippen molar-refractivity contribution in [3.8, 4) is 0 Å². The molecule has 1 heteroatoms. The van der Waals surface area contributed by atoms with Crippen molar-refractivity contribution >= 4 is 0 Å². The molecular formula is C17H21N. The van der Waals surface area contributed by atoms with E-state index in [1.807, 2.05) is 7.05 Å². The molecule has 1 N–H and O–H groups in total. The highest BCUT2D eigenvalue weighted by Gasteiger charge is 2.05. The van der Waals surface area contributed by atoms with Gasteiger partial charge < -0.3 is 5.32 Å². The molecular weight excluding hydrogens is 218 g/mol. The maximum atomic E-state index is 3.34. The lowest BCUT2D eigenvalue weighted by Crippen LogP contribution is -2.14. The van der Waals surface area contributed by atoms with Crippen molar-refractivity contribution in [3.63, 3.8) is 0 Å². The Bertz CT molecular complexity index is 455. The van der Waals surface area contributed by atoms with Gasteiger partial charge in [0.05, 0.1) is 0 Å². The monoisotopic (exact) mass is 239 g/mol. The minimum Gasteiger partial charge on any atom is -0.313 e. The highest BCUT2D eigenvalue weighted by atomic mass is 14.9. The van der Waals surface area contributed by atoms with E-state index < -0.39 is 0 Å². The topological polar surface area (TPSA) is 12.0 Å². The summed E-state index contributed by atoms with van der Waals surface area (Å²) >= 11 is 0. The third-order valence-electron chi connectivity index (χ3n) is 3.39. The summed E-state index contributed by atoms with van der Waals surface area (Å²) in [5, 5.41) is 3.34. The molecule has 2 rings (SSSR count). The van der Waals surface area contributed by atoms with E-state index in [1.165, 1.54) is 16.7 Å². The quantitative estimate of drug-likeness (QED) is 0.833. The van der Waals surface area contributed by atoms with Gasteiger partial charge in [0.15, 0.2) is 0 Å². The van der Waals surface area contributed by atoms with Crippen molar-refractivity contribution in [2.75, 3.05) is 7.05 Å². The van der Waals surface area contributed by atoms with Gasteiger partial charge in [-0.3, -0.25) is 0 Å². The summed E-state index contributed by atoms with van der Waals surface area (Å²) in [5.74, 6) is 0. The van der Waals surface area contributed by atoms with Crippen LogP contribution in [0.5, 0.6) is 0 Å². The van der Waals surface area contributed by atoms with E-state index in [9.17, 15) is 0 Å². The molecule has 0 aromatic heterocycles. The molecule has 1 nitrogen and oxygen atoms in total. The molecule has 1 atom stereocenters. The largest absolute Gasteiger partial charge is 0.313 e. The Morgan fingerprint density at radius 1 is 0.889 bits per heavy atom. The first-order chi connectivity index (χ1) is 8.83. The average Bonchev–Trinajstić information content (AvgIpc) is 2.43. The van der Waals surface area contributed by atoms with Crippen LogP contribution in [0.3, 0.4) is 0 Å². The maximum absolute atomic E-state index is 3.34. The molecule has 0 spiro atoms. The van der Waals surface area contributed by atoms with E-state index in [0.717, 1.165) is 12.8 Å². The SMILES string of the molecule is CCC(NC)c1ccc(Cc2ccccc2)cc1. The van der Waals surface area contributed by atoms with Crippen LogP contribution in [0.4, 0.5) is 0 Å².